The Morgan fingerprint density at radius 3 is 2.71 bits per heavy atom. The second kappa shape index (κ2) is 5.97. The molecule has 0 atom stereocenters. The minimum Gasteiger partial charge on any atom is -0.469 e. The van der Waals surface area contributed by atoms with Gasteiger partial charge in [-0.15, -0.1) is 0 Å². The average molecular weight is 309 g/mol. The minimum atomic E-state index is -0.597. The van der Waals surface area contributed by atoms with Crippen molar-refractivity contribution in [1.82, 2.24) is 4.90 Å². The lowest BCUT2D eigenvalue weighted by atomic mass is 10.1. The number of benzene rings is 1. The summed E-state index contributed by atoms with van der Waals surface area (Å²) in [6, 6.07) is 5.68. The number of hydrogen-bond acceptors (Lipinski definition) is 4. The normalized spacial score (nSPS) is 10.4. The van der Waals surface area contributed by atoms with Crippen LogP contribution in [0.5, 0.6) is 0 Å². The molecule has 0 radical (unpaired) electrons. The Morgan fingerprint density at radius 2 is 2.14 bits per heavy atom. The van der Waals surface area contributed by atoms with Crippen LogP contribution in [-0.4, -0.2) is 22.8 Å². The Hall–Kier alpha value is -2.34. The van der Waals surface area contributed by atoms with Gasteiger partial charge in [0.25, 0.3) is 11.6 Å². The number of halogens is 1. The van der Waals surface area contributed by atoms with E-state index in [1.165, 1.54) is 29.4 Å². The summed E-state index contributed by atoms with van der Waals surface area (Å²) in [6.45, 7) is 2.08. The van der Waals surface area contributed by atoms with Gasteiger partial charge in [0.1, 0.15) is 11.3 Å². The number of furan rings is 1. The average Bonchev–Trinajstić information content (AvgIpc) is 2.83. The fourth-order valence-corrected chi connectivity index (χ4v) is 2.12. The van der Waals surface area contributed by atoms with Gasteiger partial charge in [-0.05, 0) is 25.1 Å². The van der Waals surface area contributed by atoms with Crippen LogP contribution in [0.15, 0.2) is 34.9 Å². The fraction of sp³-hybridized carbons (Fsp3) is 0.214. The molecule has 1 aromatic carbocycles. The lowest BCUT2D eigenvalue weighted by molar-refractivity contribution is -0.385. The molecule has 2 rings (SSSR count). The molecule has 0 N–H and O–H groups in total. The predicted octanol–water partition coefficient (Wildman–Crippen LogP) is 3.42. The van der Waals surface area contributed by atoms with E-state index in [0.717, 1.165) is 5.56 Å². The van der Waals surface area contributed by atoms with Crippen molar-refractivity contribution < 1.29 is 14.1 Å². The molecule has 0 fully saturated rings. The van der Waals surface area contributed by atoms with Gasteiger partial charge in [0.05, 0.1) is 11.2 Å². The third-order valence-electron chi connectivity index (χ3n) is 3.11. The zero-order valence-electron chi connectivity index (χ0n) is 11.5. The Balaban J connectivity index is 2.29. The van der Waals surface area contributed by atoms with E-state index in [2.05, 4.69) is 0 Å². The summed E-state index contributed by atoms with van der Waals surface area (Å²) in [5, 5.41) is 11.3. The third kappa shape index (κ3) is 3.22. The summed E-state index contributed by atoms with van der Waals surface area (Å²) < 4.78 is 5.16. The van der Waals surface area contributed by atoms with Crippen LogP contribution < -0.4 is 0 Å². The van der Waals surface area contributed by atoms with Gasteiger partial charge in [-0.25, -0.2) is 0 Å². The van der Waals surface area contributed by atoms with E-state index in [-0.39, 0.29) is 16.3 Å². The lowest BCUT2D eigenvalue weighted by Gasteiger charge is -2.17. The number of amides is 1. The summed E-state index contributed by atoms with van der Waals surface area (Å²) in [5.41, 5.74) is 0.548. The molecule has 6 nitrogen and oxygen atoms in total. The Kier molecular flexibility index (Phi) is 4.28. The third-order valence-corrected chi connectivity index (χ3v) is 3.34. The first kappa shape index (κ1) is 15.1. The quantitative estimate of drug-likeness (QED) is 0.640. The second-order valence-corrected chi connectivity index (χ2v) is 5.02. The maximum absolute atomic E-state index is 12.4. The topological polar surface area (TPSA) is 76.6 Å². The Bertz CT molecular complexity index is 696. The molecule has 0 bridgehead atoms. The van der Waals surface area contributed by atoms with Crippen LogP contribution in [0.3, 0.4) is 0 Å². The molecule has 7 heteroatoms. The fourth-order valence-electron chi connectivity index (χ4n) is 1.95. The molecule has 21 heavy (non-hydrogen) atoms. The lowest BCUT2D eigenvalue weighted by Crippen LogP contribution is -2.27. The summed E-state index contributed by atoms with van der Waals surface area (Å²) in [7, 11) is 1.57. The van der Waals surface area contributed by atoms with Gasteiger partial charge >= 0.3 is 0 Å². The Labute approximate surface area is 126 Å². The van der Waals surface area contributed by atoms with Crippen molar-refractivity contribution in [2.45, 2.75) is 13.5 Å². The van der Waals surface area contributed by atoms with Crippen molar-refractivity contribution in [1.29, 1.82) is 0 Å². The van der Waals surface area contributed by atoms with Crippen LogP contribution in [0.1, 0.15) is 21.7 Å². The highest BCUT2D eigenvalue weighted by molar-refractivity contribution is 6.31. The zero-order chi connectivity index (χ0) is 15.6. The molecular formula is C14H13ClN2O4. The molecule has 0 aliphatic heterocycles. The first-order valence-corrected chi connectivity index (χ1v) is 6.50. The van der Waals surface area contributed by atoms with E-state index in [4.69, 9.17) is 16.0 Å². The van der Waals surface area contributed by atoms with Gasteiger partial charge in [0.2, 0.25) is 0 Å². The van der Waals surface area contributed by atoms with Crippen molar-refractivity contribution in [2.24, 2.45) is 0 Å². The monoisotopic (exact) mass is 308 g/mol. The summed E-state index contributed by atoms with van der Waals surface area (Å²) in [5.74, 6) is 0.236. The highest BCUT2D eigenvalue weighted by Gasteiger charge is 2.23. The van der Waals surface area contributed by atoms with Crippen LogP contribution in [0.4, 0.5) is 5.69 Å². The summed E-state index contributed by atoms with van der Waals surface area (Å²) >= 11 is 5.83. The molecule has 0 spiro atoms. The summed E-state index contributed by atoms with van der Waals surface area (Å²) in [4.78, 5) is 24.2. The van der Waals surface area contributed by atoms with Gasteiger partial charge in [-0.3, -0.25) is 14.9 Å². The zero-order valence-corrected chi connectivity index (χ0v) is 12.3. The minimum absolute atomic E-state index is 0.0313. The second-order valence-electron chi connectivity index (χ2n) is 4.58. The van der Waals surface area contributed by atoms with Crippen molar-refractivity contribution >= 4 is 23.2 Å². The van der Waals surface area contributed by atoms with Crippen molar-refractivity contribution in [2.75, 3.05) is 7.05 Å². The van der Waals surface area contributed by atoms with Crippen LogP contribution in [0, 0.1) is 17.0 Å². The first-order chi connectivity index (χ1) is 9.90. The van der Waals surface area contributed by atoms with Crippen LogP contribution in [0.25, 0.3) is 0 Å². The van der Waals surface area contributed by atoms with E-state index in [1.807, 2.05) is 0 Å². The number of nitrogens with zero attached hydrogens (tertiary/aromatic N) is 2. The van der Waals surface area contributed by atoms with Crippen LogP contribution >= 0.6 is 11.6 Å². The predicted molar refractivity (Wildman–Crippen MR) is 77.3 cm³/mol. The molecule has 0 saturated carbocycles. The first-order valence-electron chi connectivity index (χ1n) is 6.12. The van der Waals surface area contributed by atoms with E-state index < -0.39 is 10.8 Å². The van der Waals surface area contributed by atoms with Crippen molar-refractivity contribution in [3.8, 4) is 0 Å². The molecule has 0 saturated heterocycles. The van der Waals surface area contributed by atoms with Gasteiger partial charge in [0, 0.05) is 30.2 Å². The number of carbonyl (C=O) groups is 1. The Morgan fingerprint density at radius 1 is 1.43 bits per heavy atom. The molecular weight excluding hydrogens is 296 g/mol. The highest BCUT2D eigenvalue weighted by atomic mass is 35.5. The van der Waals surface area contributed by atoms with E-state index in [0.29, 0.717) is 12.3 Å². The number of hydrogen-bond donors (Lipinski definition) is 0. The standard InChI is InChI=1S/C14H13ClN2O4/c1-9-10(5-6-21-9)8-16(2)14(18)12-7-11(15)3-4-13(12)17(19)20/h3-7H,8H2,1-2H3. The number of aryl methyl sites for hydroxylation is 1. The van der Waals surface area contributed by atoms with Crippen molar-refractivity contribution in [3.05, 3.63) is 62.6 Å². The molecule has 1 heterocycles. The van der Waals surface area contributed by atoms with Gasteiger partial charge in [-0.1, -0.05) is 11.6 Å². The molecule has 1 aromatic heterocycles. The summed E-state index contributed by atoms with van der Waals surface area (Å²) in [6.07, 6.45) is 1.53. The number of carbonyl (C=O) groups excluding carboxylic acids is 1. The van der Waals surface area contributed by atoms with E-state index >= 15 is 0 Å². The van der Waals surface area contributed by atoms with Crippen LogP contribution in [-0.2, 0) is 6.54 Å². The SMILES string of the molecule is Cc1occc1CN(C)C(=O)c1cc(Cl)ccc1[N+](=O)[O-]. The number of nitro benzene ring substituents is 1. The molecule has 0 aliphatic carbocycles. The maximum atomic E-state index is 12.4. The van der Waals surface area contributed by atoms with Gasteiger partial charge < -0.3 is 9.32 Å². The molecule has 2 aromatic rings. The molecule has 110 valence electrons. The molecule has 0 unspecified atom stereocenters. The number of nitro groups is 1. The van der Waals surface area contributed by atoms with Crippen molar-refractivity contribution in [3.63, 3.8) is 0 Å². The van der Waals surface area contributed by atoms with Gasteiger partial charge in [-0.2, -0.15) is 0 Å². The smallest absolute Gasteiger partial charge is 0.282 e. The number of rotatable bonds is 4. The van der Waals surface area contributed by atoms with Crippen LogP contribution in [0.2, 0.25) is 5.02 Å². The molecule has 0 aliphatic rings. The maximum Gasteiger partial charge on any atom is 0.282 e. The van der Waals surface area contributed by atoms with E-state index in [1.54, 1.807) is 20.0 Å². The van der Waals surface area contributed by atoms with E-state index in [9.17, 15) is 14.9 Å². The van der Waals surface area contributed by atoms with Gasteiger partial charge in [0.15, 0.2) is 0 Å². The molecule has 1 amide bonds. The highest BCUT2D eigenvalue weighted by Crippen LogP contribution is 2.24. The largest absolute Gasteiger partial charge is 0.469 e.